The maximum absolute atomic E-state index is 10.0. The first-order valence-corrected chi connectivity index (χ1v) is 6.90. The van der Waals surface area contributed by atoms with E-state index in [0.717, 1.165) is 15.2 Å². The van der Waals surface area contributed by atoms with Gasteiger partial charge in [0.25, 0.3) is 0 Å². The molecule has 1 N–H and O–H groups in total. The molecule has 0 saturated heterocycles. The summed E-state index contributed by atoms with van der Waals surface area (Å²) in [4.78, 5) is 8.49. The molecule has 1 heterocycles. The highest BCUT2D eigenvalue weighted by molar-refractivity contribution is 9.10. The summed E-state index contributed by atoms with van der Waals surface area (Å²) in [5.41, 5.74) is 0.702. The van der Waals surface area contributed by atoms with E-state index >= 15 is 0 Å². The van der Waals surface area contributed by atoms with Gasteiger partial charge in [-0.15, -0.1) is 0 Å². The zero-order chi connectivity index (χ0) is 13.9. The summed E-state index contributed by atoms with van der Waals surface area (Å²) in [6, 6.07) is 15.1. The highest BCUT2D eigenvalue weighted by Gasteiger charge is 2.04. The van der Waals surface area contributed by atoms with E-state index in [1.54, 1.807) is 18.5 Å². The van der Waals surface area contributed by atoms with Crippen LogP contribution < -0.4 is 0 Å². The minimum Gasteiger partial charge on any atom is -0.507 e. The lowest BCUT2D eigenvalue weighted by atomic mass is 10.0. The van der Waals surface area contributed by atoms with Crippen LogP contribution in [0.15, 0.2) is 64.2 Å². The molecule has 0 bridgehead atoms. The fourth-order valence-corrected chi connectivity index (χ4v) is 2.23. The molecule has 0 aliphatic carbocycles. The first kappa shape index (κ1) is 12.8. The van der Waals surface area contributed by atoms with Crippen LogP contribution in [-0.2, 0) is 0 Å². The molecule has 2 aromatic carbocycles. The van der Waals surface area contributed by atoms with Gasteiger partial charge >= 0.3 is 0 Å². The Morgan fingerprint density at radius 3 is 2.70 bits per heavy atom. The van der Waals surface area contributed by atoms with Gasteiger partial charge in [0.2, 0.25) is 0 Å². The summed E-state index contributed by atoms with van der Waals surface area (Å²) in [6.45, 7) is 0. The minimum atomic E-state index is 0.213. The number of phenolic OH excluding ortho intramolecular Hbond substituents is 1. The molecule has 0 aliphatic rings. The summed E-state index contributed by atoms with van der Waals surface area (Å²) >= 11 is 3.33. The zero-order valence-electron chi connectivity index (χ0n) is 10.5. The lowest BCUT2D eigenvalue weighted by molar-refractivity contribution is 0.475. The number of halogens is 1. The van der Waals surface area contributed by atoms with Crippen molar-refractivity contribution in [1.29, 1.82) is 0 Å². The average Bonchev–Trinajstić information content (AvgIpc) is 2.48. The van der Waals surface area contributed by atoms with Gasteiger partial charge in [-0.3, -0.25) is 0 Å². The summed E-state index contributed by atoms with van der Waals surface area (Å²) in [7, 11) is 0. The summed E-state index contributed by atoms with van der Waals surface area (Å²) in [5, 5.41) is 12.0. The van der Waals surface area contributed by atoms with Gasteiger partial charge in [0, 0.05) is 22.4 Å². The number of hydrogen-bond donors (Lipinski definition) is 1. The van der Waals surface area contributed by atoms with Gasteiger partial charge in [-0.25, -0.2) is 9.98 Å². The molecule has 3 rings (SSSR count). The third-order valence-corrected chi connectivity index (χ3v) is 3.45. The van der Waals surface area contributed by atoms with Crippen LogP contribution >= 0.6 is 15.9 Å². The predicted octanol–water partition coefficient (Wildman–Crippen LogP) is 4.45. The normalized spacial score (nSPS) is 11.2. The van der Waals surface area contributed by atoms with Crippen molar-refractivity contribution in [2.24, 2.45) is 4.99 Å². The Balaban J connectivity index is 2.06. The molecule has 3 nitrogen and oxygen atoms in total. The van der Waals surface area contributed by atoms with E-state index in [9.17, 15) is 5.11 Å². The number of fused-ring (bicyclic) bond motifs is 1. The van der Waals surface area contributed by atoms with Crippen LogP contribution in [0.5, 0.6) is 5.75 Å². The smallest absolute Gasteiger partial charge is 0.151 e. The highest BCUT2D eigenvalue weighted by atomic mass is 79.9. The Morgan fingerprint density at radius 2 is 1.90 bits per heavy atom. The number of rotatable bonds is 2. The van der Waals surface area contributed by atoms with Gasteiger partial charge in [-0.1, -0.05) is 30.3 Å². The lowest BCUT2D eigenvalue weighted by Crippen LogP contribution is -1.86. The fourth-order valence-electron chi connectivity index (χ4n) is 1.99. The Hall–Kier alpha value is -2.20. The highest BCUT2D eigenvalue weighted by Crippen LogP contribution is 2.26. The van der Waals surface area contributed by atoms with E-state index in [4.69, 9.17) is 0 Å². The van der Waals surface area contributed by atoms with E-state index in [-0.39, 0.29) is 5.75 Å². The molecule has 0 spiro atoms. The number of benzene rings is 2. The van der Waals surface area contributed by atoms with Gasteiger partial charge < -0.3 is 5.11 Å². The number of hydrogen-bond acceptors (Lipinski definition) is 3. The molecular weight excluding hydrogens is 316 g/mol. The van der Waals surface area contributed by atoms with E-state index < -0.39 is 0 Å². The maximum Gasteiger partial charge on any atom is 0.151 e. The molecule has 3 aromatic rings. The summed E-state index contributed by atoms with van der Waals surface area (Å²) in [6.07, 6.45) is 3.34. The van der Waals surface area contributed by atoms with Crippen LogP contribution in [-0.4, -0.2) is 16.3 Å². The Kier molecular flexibility index (Phi) is 3.48. The first-order valence-electron chi connectivity index (χ1n) is 6.10. The van der Waals surface area contributed by atoms with Crippen LogP contribution in [0.2, 0.25) is 0 Å². The summed E-state index contributed by atoms with van der Waals surface area (Å²) in [5.74, 6) is 0.810. The van der Waals surface area contributed by atoms with Crippen LogP contribution in [0.1, 0.15) is 5.56 Å². The summed E-state index contributed by atoms with van der Waals surface area (Å²) < 4.78 is 0.907. The molecule has 0 fully saturated rings. The third kappa shape index (κ3) is 2.56. The van der Waals surface area contributed by atoms with E-state index in [1.807, 2.05) is 42.5 Å². The predicted molar refractivity (Wildman–Crippen MR) is 84.8 cm³/mol. The molecule has 98 valence electrons. The number of phenols is 1. The molecule has 0 radical (unpaired) electrons. The average molecular weight is 327 g/mol. The Labute approximate surface area is 124 Å². The van der Waals surface area contributed by atoms with Crippen molar-refractivity contribution in [3.05, 3.63) is 64.8 Å². The molecule has 20 heavy (non-hydrogen) atoms. The molecule has 0 atom stereocenters. The van der Waals surface area contributed by atoms with Gasteiger partial charge in [-0.2, -0.15) is 0 Å². The number of pyridine rings is 1. The SMILES string of the molecule is Oc1ccc2ccccc2c1C=Nc1ccc(Br)cn1. The van der Waals surface area contributed by atoms with Crippen LogP contribution in [0.25, 0.3) is 10.8 Å². The molecule has 0 unspecified atom stereocenters. The lowest BCUT2D eigenvalue weighted by Gasteiger charge is -2.04. The van der Waals surface area contributed by atoms with Crippen molar-refractivity contribution < 1.29 is 5.11 Å². The van der Waals surface area contributed by atoms with E-state index in [1.165, 1.54) is 0 Å². The van der Waals surface area contributed by atoms with E-state index in [0.29, 0.717) is 11.4 Å². The van der Waals surface area contributed by atoms with Crippen molar-refractivity contribution in [2.75, 3.05) is 0 Å². The number of nitrogens with zero attached hydrogens (tertiary/aromatic N) is 2. The number of aromatic nitrogens is 1. The van der Waals surface area contributed by atoms with Crippen LogP contribution in [0.4, 0.5) is 5.82 Å². The molecule has 0 aliphatic heterocycles. The standard InChI is InChI=1S/C16H11BrN2O/c17-12-6-8-16(18-9-12)19-10-14-13-4-2-1-3-11(13)5-7-15(14)20/h1-10,20H. The van der Waals surface area contributed by atoms with Crippen molar-refractivity contribution >= 4 is 38.7 Å². The van der Waals surface area contributed by atoms with Crippen LogP contribution in [0, 0.1) is 0 Å². The van der Waals surface area contributed by atoms with Gasteiger partial charge in [-0.05, 0) is 44.9 Å². The van der Waals surface area contributed by atoms with Gasteiger partial charge in [0.05, 0.1) is 0 Å². The van der Waals surface area contributed by atoms with Crippen molar-refractivity contribution in [1.82, 2.24) is 4.98 Å². The monoisotopic (exact) mass is 326 g/mol. The van der Waals surface area contributed by atoms with Gasteiger partial charge in [0.1, 0.15) is 5.75 Å². The first-order chi connectivity index (χ1) is 9.74. The van der Waals surface area contributed by atoms with Crippen LogP contribution in [0.3, 0.4) is 0 Å². The topological polar surface area (TPSA) is 45.5 Å². The second kappa shape index (κ2) is 5.43. The fraction of sp³-hybridized carbons (Fsp3) is 0. The Morgan fingerprint density at radius 1 is 1.05 bits per heavy atom. The molecule has 0 saturated carbocycles. The molecule has 4 heteroatoms. The van der Waals surface area contributed by atoms with Crippen molar-refractivity contribution in [2.45, 2.75) is 0 Å². The second-order valence-corrected chi connectivity index (χ2v) is 5.23. The van der Waals surface area contributed by atoms with E-state index in [2.05, 4.69) is 25.9 Å². The number of aromatic hydroxyl groups is 1. The molecule has 1 aromatic heterocycles. The second-order valence-electron chi connectivity index (χ2n) is 4.31. The third-order valence-electron chi connectivity index (χ3n) is 2.99. The molecule has 0 amide bonds. The maximum atomic E-state index is 10.0. The zero-order valence-corrected chi connectivity index (χ0v) is 12.1. The van der Waals surface area contributed by atoms with Crippen molar-refractivity contribution in [3.8, 4) is 5.75 Å². The molecular formula is C16H11BrN2O. The van der Waals surface area contributed by atoms with Gasteiger partial charge in [0.15, 0.2) is 5.82 Å². The number of aliphatic imine (C=N–C) groups is 1. The van der Waals surface area contributed by atoms with Crippen molar-refractivity contribution in [3.63, 3.8) is 0 Å². The minimum absolute atomic E-state index is 0.213. The largest absolute Gasteiger partial charge is 0.507 e. The Bertz CT molecular complexity index is 782. The quantitative estimate of drug-likeness (QED) is 0.707.